The number of alkyl halides is 6. The summed E-state index contributed by atoms with van der Waals surface area (Å²) >= 11 is 0. The van der Waals surface area contributed by atoms with Crippen molar-refractivity contribution in [1.29, 1.82) is 0 Å². The lowest BCUT2D eigenvalue weighted by molar-refractivity contribution is -0.141. The van der Waals surface area contributed by atoms with Gasteiger partial charge in [0.1, 0.15) is 16.9 Å². The number of carbonyl (C=O) groups is 1. The highest BCUT2D eigenvalue weighted by atomic mass is 19.4. The van der Waals surface area contributed by atoms with Crippen molar-refractivity contribution in [3.8, 4) is 11.1 Å². The normalized spacial score (nSPS) is 16.8. The molecule has 0 saturated carbocycles. The van der Waals surface area contributed by atoms with Gasteiger partial charge in [-0.3, -0.25) is 15.5 Å². The van der Waals surface area contributed by atoms with Crippen LogP contribution in [0.5, 0.6) is 0 Å². The van der Waals surface area contributed by atoms with E-state index >= 15 is 0 Å². The standard InChI is InChI=1S/C24H18F7N3O2/c25-15-5-7-16(8-6-15)34-21(35)22(11-36-12-22)14-3-1-13(2-4-14)17-10-33-19(24(29,30)31)9-18(17)23(28,32)20(26)27/h1-10,20H,11-12,32H2,(H,34,35). The molecule has 3 aromatic rings. The zero-order valence-electron chi connectivity index (χ0n) is 18.3. The predicted octanol–water partition coefficient (Wildman–Crippen LogP) is 5.16. The van der Waals surface area contributed by atoms with Crippen LogP contribution < -0.4 is 11.1 Å². The van der Waals surface area contributed by atoms with Gasteiger partial charge in [-0.2, -0.15) is 13.2 Å². The molecular weight excluding hydrogens is 495 g/mol. The first-order valence-corrected chi connectivity index (χ1v) is 10.4. The number of aromatic nitrogens is 1. The minimum Gasteiger partial charge on any atom is -0.378 e. The van der Waals surface area contributed by atoms with Crippen molar-refractivity contribution in [3.05, 3.63) is 83.4 Å². The number of hydrogen-bond acceptors (Lipinski definition) is 4. The van der Waals surface area contributed by atoms with E-state index in [1.807, 2.05) is 0 Å². The molecule has 1 saturated heterocycles. The third-order valence-electron chi connectivity index (χ3n) is 5.91. The summed E-state index contributed by atoms with van der Waals surface area (Å²) in [5.74, 6) is -4.81. The first-order valence-electron chi connectivity index (χ1n) is 10.4. The Morgan fingerprint density at radius 1 is 1.03 bits per heavy atom. The molecule has 0 radical (unpaired) electrons. The summed E-state index contributed by atoms with van der Waals surface area (Å²) in [7, 11) is 0. The van der Waals surface area contributed by atoms with E-state index in [0.29, 0.717) is 17.4 Å². The molecule has 0 spiro atoms. The second-order valence-electron chi connectivity index (χ2n) is 8.29. The maximum atomic E-state index is 14.7. The quantitative estimate of drug-likeness (QED) is 0.353. The van der Waals surface area contributed by atoms with Gasteiger partial charge < -0.3 is 10.1 Å². The molecule has 1 aliphatic heterocycles. The van der Waals surface area contributed by atoms with Gasteiger partial charge in [0.05, 0.1) is 13.2 Å². The number of benzene rings is 2. The van der Waals surface area contributed by atoms with E-state index in [0.717, 1.165) is 0 Å². The lowest BCUT2D eigenvalue weighted by Crippen LogP contribution is -2.55. The summed E-state index contributed by atoms with van der Waals surface area (Å²) in [4.78, 5) is 16.2. The van der Waals surface area contributed by atoms with Gasteiger partial charge in [-0.05, 0) is 41.5 Å². The Kier molecular flexibility index (Phi) is 6.52. The van der Waals surface area contributed by atoms with Crippen LogP contribution in [0, 0.1) is 5.82 Å². The Hall–Kier alpha value is -3.51. The average Bonchev–Trinajstić information content (AvgIpc) is 2.79. The van der Waals surface area contributed by atoms with E-state index in [4.69, 9.17) is 10.5 Å². The second-order valence-corrected chi connectivity index (χ2v) is 8.29. The zero-order valence-corrected chi connectivity index (χ0v) is 18.3. The highest BCUT2D eigenvalue weighted by Gasteiger charge is 2.48. The summed E-state index contributed by atoms with van der Waals surface area (Å²) in [6, 6.07) is 10.8. The van der Waals surface area contributed by atoms with Crippen LogP contribution in [0.4, 0.5) is 36.4 Å². The van der Waals surface area contributed by atoms with E-state index in [1.54, 1.807) is 0 Å². The molecule has 190 valence electrons. The summed E-state index contributed by atoms with van der Waals surface area (Å²) < 4.78 is 98.9. The van der Waals surface area contributed by atoms with Crippen molar-refractivity contribution in [2.24, 2.45) is 5.73 Å². The Balaban J connectivity index is 1.68. The number of nitrogens with one attached hydrogen (secondary N) is 1. The van der Waals surface area contributed by atoms with Crippen molar-refractivity contribution < 1.29 is 40.3 Å². The highest BCUT2D eigenvalue weighted by molar-refractivity contribution is 6.00. The molecule has 1 amide bonds. The number of amides is 1. The molecule has 1 aromatic heterocycles. The Morgan fingerprint density at radius 3 is 2.14 bits per heavy atom. The molecule has 1 atom stereocenters. The molecular formula is C24H18F7N3O2. The van der Waals surface area contributed by atoms with Crippen LogP contribution in [-0.2, 0) is 26.9 Å². The number of nitrogens with zero attached hydrogens (tertiary/aromatic N) is 1. The molecule has 36 heavy (non-hydrogen) atoms. The monoisotopic (exact) mass is 513 g/mol. The number of anilines is 1. The summed E-state index contributed by atoms with van der Waals surface area (Å²) in [5, 5.41) is 2.67. The molecule has 12 heteroatoms. The van der Waals surface area contributed by atoms with Crippen molar-refractivity contribution in [3.63, 3.8) is 0 Å². The molecule has 0 bridgehead atoms. The maximum Gasteiger partial charge on any atom is 0.433 e. The van der Waals surface area contributed by atoms with Gasteiger partial charge in [0.2, 0.25) is 11.7 Å². The van der Waals surface area contributed by atoms with Gasteiger partial charge >= 0.3 is 6.18 Å². The molecule has 1 unspecified atom stereocenters. The van der Waals surface area contributed by atoms with Crippen LogP contribution in [-0.4, -0.2) is 30.5 Å². The van der Waals surface area contributed by atoms with E-state index in [9.17, 15) is 35.5 Å². The van der Waals surface area contributed by atoms with Crippen LogP contribution in [0.1, 0.15) is 16.8 Å². The van der Waals surface area contributed by atoms with Crippen LogP contribution >= 0.6 is 0 Å². The lowest BCUT2D eigenvalue weighted by Gasteiger charge is -2.40. The van der Waals surface area contributed by atoms with Crippen LogP contribution in [0.25, 0.3) is 11.1 Å². The lowest BCUT2D eigenvalue weighted by atomic mass is 9.77. The Labute approximate surface area is 200 Å². The molecule has 2 aromatic carbocycles. The van der Waals surface area contributed by atoms with Gasteiger partial charge in [0.25, 0.3) is 6.43 Å². The number of halogens is 7. The predicted molar refractivity (Wildman–Crippen MR) is 115 cm³/mol. The molecule has 2 heterocycles. The molecule has 5 nitrogen and oxygen atoms in total. The summed E-state index contributed by atoms with van der Waals surface area (Å²) in [5.41, 5.74) is 1.78. The molecule has 1 fully saturated rings. The van der Waals surface area contributed by atoms with Crippen molar-refractivity contribution in [2.75, 3.05) is 18.5 Å². The smallest absolute Gasteiger partial charge is 0.378 e. The zero-order chi connectivity index (χ0) is 26.3. The van der Waals surface area contributed by atoms with Crippen molar-refractivity contribution in [2.45, 2.75) is 23.8 Å². The van der Waals surface area contributed by atoms with Gasteiger partial charge in [-0.15, -0.1) is 0 Å². The fourth-order valence-corrected chi connectivity index (χ4v) is 3.76. The van der Waals surface area contributed by atoms with Gasteiger partial charge in [-0.1, -0.05) is 24.3 Å². The van der Waals surface area contributed by atoms with E-state index < -0.39 is 46.8 Å². The van der Waals surface area contributed by atoms with Crippen LogP contribution in [0.3, 0.4) is 0 Å². The van der Waals surface area contributed by atoms with E-state index in [2.05, 4.69) is 10.3 Å². The van der Waals surface area contributed by atoms with Crippen molar-refractivity contribution >= 4 is 11.6 Å². The van der Waals surface area contributed by atoms with Crippen LogP contribution in [0.2, 0.25) is 0 Å². The van der Waals surface area contributed by atoms with E-state index in [1.165, 1.54) is 48.5 Å². The number of nitrogens with two attached hydrogens (primary N) is 1. The fraction of sp³-hybridized carbons (Fsp3) is 0.250. The number of pyridine rings is 1. The first-order chi connectivity index (χ1) is 16.8. The largest absolute Gasteiger partial charge is 0.433 e. The summed E-state index contributed by atoms with van der Waals surface area (Å²) in [6.45, 7) is 0.0163. The average molecular weight is 513 g/mol. The number of hydrogen-bond donors (Lipinski definition) is 2. The van der Waals surface area contributed by atoms with Crippen molar-refractivity contribution in [1.82, 2.24) is 4.98 Å². The van der Waals surface area contributed by atoms with E-state index in [-0.39, 0.29) is 30.4 Å². The van der Waals surface area contributed by atoms with Crippen LogP contribution in [0.15, 0.2) is 60.8 Å². The second kappa shape index (κ2) is 9.17. The maximum absolute atomic E-state index is 14.7. The molecule has 1 aliphatic rings. The number of ether oxygens (including phenoxy) is 1. The Morgan fingerprint density at radius 2 is 1.64 bits per heavy atom. The minimum atomic E-state index is -5.01. The van der Waals surface area contributed by atoms with Gasteiger partial charge in [0, 0.05) is 23.0 Å². The molecule has 3 N–H and O–H groups in total. The molecule has 4 rings (SSSR count). The minimum absolute atomic E-state index is 0.00817. The highest BCUT2D eigenvalue weighted by Crippen LogP contribution is 2.40. The third kappa shape index (κ3) is 4.65. The number of rotatable bonds is 6. The van der Waals surface area contributed by atoms with Gasteiger partial charge in [0.15, 0.2) is 0 Å². The number of carbonyl (C=O) groups excluding carboxylic acids is 1. The third-order valence-corrected chi connectivity index (χ3v) is 5.91. The molecule has 0 aliphatic carbocycles. The fourth-order valence-electron chi connectivity index (χ4n) is 3.76. The SMILES string of the molecule is NC(F)(c1cc(C(F)(F)F)ncc1-c1ccc(C2(C(=O)Nc3ccc(F)cc3)COC2)cc1)C(F)F. The Bertz CT molecular complexity index is 1260. The topological polar surface area (TPSA) is 77.2 Å². The first kappa shape index (κ1) is 25.6. The van der Waals surface area contributed by atoms with Gasteiger partial charge in [-0.25, -0.2) is 17.6 Å². The summed E-state index contributed by atoms with van der Waals surface area (Å²) in [6.07, 6.45) is -8.20.